The number of aliphatic imine (C=N–C) groups is 1. The van der Waals surface area contributed by atoms with Crippen LogP contribution in [0.3, 0.4) is 0 Å². The Kier molecular flexibility index (Phi) is 4.87. The van der Waals surface area contributed by atoms with Crippen molar-refractivity contribution in [3.05, 3.63) is 60.3 Å². The zero-order valence-corrected chi connectivity index (χ0v) is 15.4. The highest BCUT2D eigenvalue weighted by Gasteiger charge is 2.48. The Labute approximate surface area is 150 Å². The second kappa shape index (κ2) is 6.76. The molecule has 1 fully saturated rings. The minimum atomic E-state index is -0.0533. The Morgan fingerprint density at radius 2 is 2.29 bits per heavy atom. The summed E-state index contributed by atoms with van der Waals surface area (Å²) in [5.41, 5.74) is 4.04. The molecule has 126 valence electrons. The average molecular weight is 339 g/mol. The molecule has 0 amide bonds. The summed E-state index contributed by atoms with van der Waals surface area (Å²) in [6, 6.07) is 0.398. The first-order valence-corrected chi connectivity index (χ1v) is 9.10. The van der Waals surface area contributed by atoms with Gasteiger partial charge in [-0.25, -0.2) is 4.99 Å². The summed E-state index contributed by atoms with van der Waals surface area (Å²) in [6.45, 7) is 13.7. The summed E-state index contributed by atoms with van der Waals surface area (Å²) in [5, 5.41) is 6.29. The molecule has 24 heavy (non-hydrogen) atoms. The minimum Gasteiger partial charge on any atom is -0.303 e. The normalized spacial score (nSPS) is 37.8. The van der Waals surface area contributed by atoms with Crippen molar-refractivity contribution >= 4 is 17.4 Å². The van der Waals surface area contributed by atoms with Crippen LogP contribution in [-0.2, 0) is 0 Å². The van der Waals surface area contributed by atoms with Gasteiger partial charge < -0.3 is 5.32 Å². The maximum absolute atomic E-state index is 5.00. The molecule has 1 N–H and O–H groups in total. The molecular weight excluding hydrogens is 312 g/mol. The third-order valence-electron chi connectivity index (χ3n) is 6.05. The number of fused-ring (bicyclic) bond motifs is 1. The summed E-state index contributed by atoms with van der Waals surface area (Å²) in [6.07, 6.45) is 13.0. The molecule has 0 bridgehead atoms. The van der Waals surface area contributed by atoms with Crippen molar-refractivity contribution in [2.45, 2.75) is 38.8 Å². The standard InChI is InChI=1S/C21H26N2S/c1-5-21(4)11-10-15(14(2)3)19(20(21)23-13-24)17-12-22-18-9-7-6-8-16(17)18/h5-9,15,18-20,22H,1-2,10-12H2,3-4H3. The monoisotopic (exact) mass is 338 g/mol. The van der Waals surface area contributed by atoms with Crippen LogP contribution < -0.4 is 5.32 Å². The molecule has 2 nitrogen and oxygen atoms in total. The fraction of sp³-hybridized carbons (Fsp3) is 0.476. The van der Waals surface area contributed by atoms with E-state index in [0.717, 1.165) is 19.4 Å². The zero-order chi connectivity index (χ0) is 17.3. The molecule has 0 saturated heterocycles. The lowest BCUT2D eigenvalue weighted by molar-refractivity contribution is 0.148. The second-order valence-corrected chi connectivity index (χ2v) is 7.66. The summed E-state index contributed by atoms with van der Waals surface area (Å²) >= 11 is 5.00. The van der Waals surface area contributed by atoms with Gasteiger partial charge in [-0.2, -0.15) is 0 Å². The van der Waals surface area contributed by atoms with E-state index in [0.29, 0.717) is 17.9 Å². The Balaban J connectivity index is 2.12. The van der Waals surface area contributed by atoms with Gasteiger partial charge in [-0.3, -0.25) is 0 Å². The maximum Gasteiger partial charge on any atom is 0.0762 e. The Morgan fingerprint density at radius 1 is 1.50 bits per heavy atom. The fourth-order valence-corrected chi connectivity index (χ4v) is 4.69. The predicted molar refractivity (Wildman–Crippen MR) is 105 cm³/mol. The van der Waals surface area contributed by atoms with E-state index in [-0.39, 0.29) is 11.5 Å². The van der Waals surface area contributed by atoms with Crippen LogP contribution >= 0.6 is 12.2 Å². The van der Waals surface area contributed by atoms with Crippen molar-refractivity contribution in [2.75, 3.05) is 6.54 Å². The molecule has 2 aliphatic carbocycles. The zero-order valence-electron chi connectivity index (χ0n) is 14.6. The van der Waals surface area contributed by atoms with Crippen molar-refractivity contribution in [2.24, 2.45) is 22.2 Å². The number of hydrogen-bond acceptors (Lipinski definition) is 3. The van der Waals surface area contributed by atoms with Crippen molar-refractivity contribution in [1.82, 2.24) is 5.32 Å². The Morgan fingerprint density at radius 3 is 2.96 bits per heavy atom. The van der Waals surface area contributed by atoms with Crippen LogP contribution in [0.1, 0.15) is 26.7 Å². The number of hydrogen-bond donors (Lipinski definition) is 1. The van der Waals surface area contributed by atoms with Crippen LogP contribution in [0, 0.1) is 17.3 Å². The number of rotatable bonds is 4. The quantitative estimate of drug-likeness (QED) is 0.458. The molecule has 1 saturated carbocycles. The van der Waals surface area contributed by atoms with Gasteiger partial charge in [0.05, 0.1) is 17.2 Å². The molecule has 0 spiro atoms. The average Bonchev–Trinajstić information content (AvgIpc) is 3.00. The molecular formula is C21H26N2S. The van der Waals surface area contributed by atoms with E-state index in [1.807, 2.05) is 0 Å². The number of nitrogens with one attached hydrogen (secondary N) is 1. The van der Waals surface area contributed by atoms with E-state index in [1.165, 1.54) is 16.7 Å². The van der Waals surface area contributed by atoms with Gasteiger partial charge in [0, 0.05) is 17.9 Å². The maximum atomic E-state index is 5.00. The SMILES string of the molecule is C=CC1(C)CCC(C(=C)C)C(C2=C3C=CC=CC3NC2)C1N=C=S. The molecule has 0 aromatic heterocycles. The van der Waals surface area contributed by atoms with E-state index < -0.39 is 0 Å². The van der Waals surface area contributed by atoms with Gasteiger partial charge in [-0.05, 0) is 49.0 Å². The van der Waals surface area contributed by atoms with Gasteiger partial charge in [0.15, 0.2) is 0 Å². The summed E-state index contributed by atoms with van der Waals surface area (Å²) in [7, 11) is 0. The summed E-state index contributed by atoms with van der Waals surface area (Å²) < 4.78 is 0. The van der Waals surface area contributed by atoms with Crippen molar-refractivity contribution in [1.29, 1.82) is 0 Å². The highest BCUT2D eigenvalue weighted by molar-refractivity contribution is 7.78. The summed E-state index contributed by atoms with van der Waals surface area (Å²) in [5.74, 6) is 0.732. The lowest BCUT2D eigenvalue weighted by Gasteiger charge is -2.47. The Bertz CT molecular complexity index is 693. The second-order valence-electron chi connectivity index (χ2n) is 7.48. The van der Waals surface area contributed by atoms with Gasteiger partial charge in [-0.1, -0.05) is 49.5 Å². The van der Waals surface area contributed by atoms with Crippen molar-refractivity contribution in [3.8, 4) is 0 Å². The molecule has 5 atom stereocenters. The molecule has 1 heterocycles. The molecule has 3 rings (SSSR count). The van der Waals surface area contributed by atoms with E-state index >= 15 is 0 Å². The first kappa shape index (κ1) is 17.3. The van der Waals surface area contributed by atoms with Crippen molar-refractivity contribution in [3.63, 3.8) is 0 Å². The van der Waals surface area contributed by atoms with E-state index in [1.54, 1.807) is 0 Å². The predicted octanol–water partition coefficient (Wildman–Crippen LogP) is 4.65. The van der Waals surface area contributed by atoms with Gasteiger partial charge in [0.1, 0.15) is 0 Å². The first-order valence-electron chi connectivity index (χ1n) is 8.69. The first-order chi connectivity index (χ1) is 11.5. The van der Waals surface area contributed by atoms with Crippen LogP contribution in [0.5, 0.6) is 0 Å². The summed E-state index contributed by atoms with van der Waals surface area (Å²) in [4.78, 5) is 4.65. The largest absolute Gasteiger partial charge is 0.303 e. The van der Waals surface area contributed by atoms with E-state index in [2.05, 4.69) is 72.9 Å². The molecule has 3 heteroatoms. The molecule has 0 aromatic rings. The number of allylic oxidation sites excluding steroid dienone is 3. The van der Waals surface area contributed by atoms with Crippen LogP contribution in [-0.4, -0.2) is 23.8 Å². The molecule has 3 aliphatic rings. The number of thiocarbonyl (C=S) groups is 1. The molecule has 5 unspecified atom stereocenters. The molecule has 0 aromatic carbocycles. The lowest BCUT2D eigenvalue weighted by atomic mass is 9.59. The third kappa shape index (κ3) is 2.82. The third-order valence-corrected chi connectivity index (χ3v) is 6.15. The van der Waals surface area contributed by atoms with E-state index in [4.69, 9.17) is 12.2 Å². The van der Waals surface area contributed by atoms with Crippen LogP contribution in [0.15, 0.2) is 65.2 Å². The lowest BCUT2D eigenvalue weighted by Crippen LogP contribution is -2.45. The van der Waals surface area contributed by atoms with Crippen molar-refractivity contribution < 1.29 is 0 Å². The smallest absolute Gasteiger partial charge is 0.0762 e. The minimum absolute atomic E-state index is 0.0533. The van der Waals surface area contributed by atoms with Gasteiger partial charge in [-0.15, -0.1) is 6.58 Å². The Hall–Kier alpha value is -1.54. The van der Waals surface area contributed by atoms with Gasteiger partial charge in [0.25, 0.3) is 0 Å². The topological polar surface area (TPSA) is 24.4 Å². The number of nitrogens with zero attached hydrogens (tertiary/aromatic N) is 1. The highest BCUT2D eigenvalue weighted by atomic mass is 32.1. The molecule has 0 radical (unpaired) electrons. The fourth-order valence-electron chi connectivity index (χ4n) is 4.58. The number of isothiocyanates is 1. The van der Waals surface area contributed by atoms with E-state index in [9.17, 15) is 0 Å². The van der Waals surface area contributed by atoms with Crippen LogP contribution in [0.25, 0.3) is 0 Å². The highest BCUT2D eigenvalue weighted by Crippen LogP contribution is 2.51. The van der Waals surface area contributed by atoms with Gasteiger partial charge in [0.2, 0.25) is 0 Å². The van der Waals surface area contributed by atoms with Crippen LogP contribution in [0.4, 0.5) is 0 Å². The van der Waals surface area contributed by atoms with Crippen LogP contribution in [0.2, 0.25) is 0 Å². The van der Waals surface area contributed by atoms with Gasteiger partial charge >= 0.3 is 0 Å². The molecule has 1 aliphatic heterocycles.